The van der Waals surface area contributed by atoms with Gasteiger partial charge in [-0.25, -0.2) is 9.13 Å². The molecule has 6 rings (SSSR count). The number of hydrogen-bond acceptors (Lipinski definition) is 2. The van der Waals surface area contributed by atoms with Gasteiger partial charge in [0.1, 0.15) is 24.6 Å². The molecule has 0 saturated heterocycles. The van der Waals surface area contributed by atoms with Gasteiger partial charge in [-0.2, -0.15) is 0 Å². The molecule has 4 nitrogen and oxygen atoms in total. The summed E-state index contributed by atoms with van der Waals surface area (Å²) in [5.74, 6) is 3.40. The molecule has 3 heterocycles. The highest BCUT2D eigenvalue weighted by atomic mass is 16.5. The molecule has 1 aromatic heterocycles. The summed E-state index contributed by atoms with van der Waals surface area (Å²) in [6.45, 7) is 7.58. The predicted molar refractivity (Wildman–Crippen MR) is 121 cm³/mol. The molecule has 0 radical (unpaired) electrons. The zero-order chi connectivity index (χ0) is 20.9. The Morgan fingerprint density at radius 1 is 0.935 bits per heavy atom. The van der Waals surface area contributed by atoms with Gasteiger partial charge >= 0.3 is 0 Å². The van der Waals surface area contributed by atoms with Crippen molar-refractivity contribution in [2.75, 3.05) is 13.2 Å². The average molecular weight is 412 g/mol. The maximum atomic E-state index is 6.12. The molecule has 0 N–H and O–H groups in total. The van der Waals surface area contributed by atoms with Crippen LogP contribution in [0.2, 0.25) is 0 Å². The van der Waals surface area contributed by atoms with E-state index in [1.165, 1.54) is 44.7 Å². The lowest BCUT2D eigenvalue weighted by molar-refractivity contribution is -0.669. The Kier molecular flexibility index (Phi) is 4.27. The predicted octanol–water partition coefficient (Wildman–Crippen LogP) is 4.51. The lowest BCUT2D eigenvalue weighted by Gasteiger charge is -2.12. The van der Waals surface area contributed by atoms with Crippen LogP contribution >= 0.6 is 0 Å². The summed E-state index contributed by atoms with van der Waals surface area (Å²) < 4.78 is 16.9. The number of aromatic nitrogens is 2. The standard InChI is InChI=1S/C27H27N2O2/c1-18-7-9-20(10-8-18)16-28-19(2)29(25-6-4-3-5-24(25)28)17-23-22-12-14-30-26(22)15-21-11-13-31-27(21)23/h3-10,15H,11-14,16-17H2,1-2H3/q+1. The summed E-state index contributed by atoms with van der Waals surface area (Å²) in [6, 6.07) is 19.8. The van der Waals surface area contributed by atoms with E-state index in [1.807, 2.05) is 0 Å². The van der Waals surface area contributed by atoms with Crippen LogP contribution in [-0.4, -0.2) is 17.8 Å². The van der Waals surface area contributed by atoms with Crippen molar-refractivity contribution in [2.45, 2.75) is 39.8 Å². The first-order valence-corrected chi connectivity index (χ1v) is 11.2. The quantitative estimate of drug-likeness (QED) is 0.462. The zero-order valence-corrected chi connectivity index (χ0v) is 18.1. The van der Waals surface area contributed by atoms with E-state index in [9.17, 15) is 0 Å². The van der Waals surface area contributed by atoms with E-state index < -0.39 is 0 Å². The monoisotopic (exact) mass is 411 g/mol. The van der Waals surface area contributed by atoms with E-state index in [2.05, 4.69) is 77.6 Å². The van der Waals surface area contributed by atoms with Crippen molar-refractivity contribution in [2.24, 2.45) is 0 Å². The third-order valence-electron chi connectivity index (χ3n) is 6.78. The summed E-state index contributed by atoms with van der Waals surface area (Å²) in [7, 11) is 0. The highest BCUT2D eigenvalue weighted by molar-refractivity contribution is 5.72. The first-order valence-electron chi connectivity index (χ1n) is 11.2. The Labute approximate surface area is 182 Å². The van der Waals surface area contributed by atoms with Crippen molar-refractivity contribution in [3.63, 3.8) is 0 Å². The van der Waals surface area contributed by atoms with Crippen molar-refractivity contribution in [3.8, 4) is 11.5 Å². The number of rotatable bonds is 4. The zero-order valence-electron chi connectivity index (χ0n) is 18.1. The molecule has 0 amide bonds. The van der Waals surface area contributed by atoms with Gasteiger partial charge in [0.15, 0.2) is 11.0 Å². The fourth-order valence-corrected chi connectivity index (χ4v) is 5.10. The molecule has 0 aliphatic carbocycles. The Hall–Kier alpha value is -3.27. The summed E-state index contributed by atoms with van der Waals surface area (Å²) in [4.78, 5) is 0. The van der Waals surface area contributed by atoms with E-state index in [4.69, 9.17) is 9.47 Å². The topological polar surface area (TPSA) is 27.3 Å². The molecule has 0 saturated carbocycles. The smallest absolute Gasteiger partial charge is 0.254 e. The highest BCUT2D eigenvalue weighted by Gasteiger charge is 2.30. The van der Waals surface area contributed by atoms with Crippen molar-refractivity contribution in [3.05, 3.63) is 88.2 Å². The molecule has 156 valence electrons. The normalized spacial score (nSPS) is 14.4. The molecule has 2 aliphatic rings. The summed E-state index contributed by atoms with van der Waals surface area (Å²) >= 11 is 0. The molecular formula is C27H27N2O2+. The summed E-state index contributed by atoms with van der Waals surface area (Å²) in [5, 5.41) is 0. The molecule has 0 bridgehead atoms. The van der Waals surface area contributed by atoms with E-state index in [0.29, 0.717) is 0 Å². The van der Waals surface area contributed by atoms with E-state index >= 15 is 0 Å². The molecule has 0 spiro atoms. The first kappa shape index (κ1) is 18.5. The fraction of sp³-hybridized carbons (Fsp3) is 0.296. The van der Waals surface area contributed by atoms with E-state index in [-0.39, 0.29) is 0 Å². The van der Waals surface area contributed by atoms with Crippen molar-refractivity contribution in [1.82, 2.24) is 4.57 Å². The van der Waals surface area contributed by atoms with Gasteiger partial charge in [-0.15, -0.1) is 0 Å². The van der Waals surface area contributed by atoms with Crippen LogP contribution in [0.15, 0.2) is 54.6 Å². The van der Waals surface area contributed by atoms with E-state index in [1.54, 1.807) is 0 Å². The minimum atomic E-state index is 0.768. The maximum Gasteiger partial charge on any atom is 0.254 e. The van der Waals surface area contributed by atoms with Crippen LogP contribution in [0, 0.1) is 13.8 Å². The van der Waals surface area contributed by atoms with Crippen LogP contribution in [0.3, 0.4) is 0 Å². The number of nitrogens with zero attached hydrogens (tertiary/aromatic N) is 2. The second kappa shape index (κ2) is 7.16. The Morgan fingerprint density at radius 3 is 2.61 bits per heavy atom. The van der Waals surface area contributed by atoms with E-state index in [0.717, 1.165) is 50.6 Å². The van der Waals surface area contributed by atoms with Crippen molar-refractivity contribution < 1.29 is 14.0 Å². The molecule has 0 atom stereocenters. The minimum Gasteiger partial charge on any atom is -0.493 e. The number of para-hydroxylation sites is 2. The average Bonchev–Trinajstić information content (AvgIpc) is 3.50. The Balaban J connectivity index is 1.48. The van der Waals surface area contributed by atoms with Gasteiger partial charge in [0.2, 0.25) is 0 Å². The second-order valence-corrected chi connectivity index (χ2v) is 8.71. The summed E-state index contributed by atoms with van der Waals surface area (Å²) in [6.07, 6.45) is 1.93. The number of benzene rings is 3. The number of aryl methyl sites for hydroxylation is 1. The van der Waals surface area contributed by atoms with Crippen LogP contribution in [0.4, 0.5) is 0 Å². The van der Waals surface area contributed by atoms with Crippen LogP contribution < -0.4 is 14.0 Å². The van der Waals surface area contributed by atoms with Gasteiger partial charge in [0, 0.05) is 36.5 Å². The largest absolute Gasteiger partial charge is 0.493 e. The second-order valence-electron chi connectivity index (χ2n) is 8.71. The van der Waals surface area contributed by atoms with Gasteiger partial charge < -0.3 is 9.47 Å². The third kappa shape index (κ3) is 3.01. The summed E-state index contributed by atoms with van der Waals surface area (Å²) in [5.41, 5.74) is 9.05. The van der Waals surface area contributed by atoms with Gasteiger partial charge in [0.05, 0.1) is 13.2 Å². The van der Waals surface area contributed by atoms with Crippen molar-refractivity contribution >= 4 is 11.0 Å². The van der Waals surface area contributed by atoms with Gasteiger partial charge in [-0.1, -0.05) is 42.0 Å². The van der Waals surface area contributed by atoms with Crippen molar-refractivity contribution in [1.29, 1.82) is 0 Å². The number of fused-ring (bicyclic) bond motifs is 3. The van der Waals surface area contributed by atoms with Crippen LogP contribution in [-0.2, 0) is 25.9 Å². The minimum absolute atomic E-state index is 0.768. The molecule has 31 heavy (non-hydrogen) atoms. The highest BCUT2D eigenvalue weighted by Crippen LogP contribution is 2.41. The molecular weight excluding hydrogens is 384 g/mol. The van der Waals surface area contributed by atoms with Gasteiger partial charge in [-0.05, 0) is 30.7 Å². The van der Waals surface area contributed by atoms with Crippen LogP contribution in [0.1, 0.15) is 33.6 Å². The van der Waals surface area contributed by atoms with Gasteiger partial charge in [-0.3, -0.25) is 0 Å². The maximum absolute atomic E-state index is 6.12. The molecule has 2 aliphatic heterocycles. The first-order chi connectivity index (χ1) is 15.2. The lowest BCUT2D eigenvalue weighted by atomic mass is 9.99. The van der Waals surface area contributed by atoms with Gasteiger partial charge in [0.25, 0.3) is 5.82 Å². The molecule has 0 unspecified atom stereocenters. The number of imidazole rings is 1. The fourth-order valence-electron chi connectivity index (χ4n) is 5.10. The Bertz CT molecular complexity index is 1270. The lowest BCUT2D eigenvalue weighted by Crippen LogP contribution is -2.37. The molecule has 4 heteroatoms. The molecule has 3 aromatic carbocycles. The third-order valence-corrected chi connectivity index (χ3v) is 6.78. The molecule has 0 fully saturated rings. The SMILES string of the molecule is Cc1ccc(C[n+]2c(C)n(Cc3c4c(cc5c3OCC5)OCC4)c3ccccc32)cc1. The number of ether oxygens (including phenoxy) is 2. The van der Waals surface area contributed by atoms with Crippen LogP contribution in [0.25, 0.3) is 11.0 Å². The van der Waals surface area contributed by atoms with Crippen LogP contribution in [0.5, 0.6) is 11.5 Å². The number of hydrogen-bond donors (Lipinski definition) is 0. The Morgan fingerprint density at radius 2 is 1.74 bits per heavy atom. The molecule has 4 aromatic rings.